The predicted octanol–water partition coefficient (Wildman–Crippen LogP) is 4.06. The molecule has 0 atom stereocenters. The first-order valence-electron chi connectivity index (χ1n) is 9.03. The third kappa shape index (κ3) is 3.35. The maximum Gasteiger partial charge on any atom is 0.298 e. The van der Waals surface area contributed by atoms with Gasteiger partial charge in [0.1, 0.15) is 5.76 Å². The number of para-hydroxylation sites is 1. The highest BCUT2D eigenvalue weighted by atomic mass is 35.5. The van der Waals surface area contributed by atoms with Crippen LogP contribution in [-0.4, -0.2) is 21.3 Å². The second-order valence-electron chi connectivity index (χ2n) is 6.68. The van der Waals surface area contributed by atoms with Gasteiger partial charge in [0, 0.05) is 28.8 Å². The van der Waals surface area contributed by atoms with E-state index in [1.54, 1.807) is 31.2 Å². The van der Waals surface area contributed by atoms with E-state index in [1.807, 2.05) is 0 Å². The Morgan fingerprint density at radius 3 is 2.61 bits per heavy atom. The number of nitrogens with one attached hydrogen (secondary N) is 1. The molecule has 0 spiro atoms. The summed E-state index contributed by atoms with van der Waals surface area (Å²) in [5.41, 5.74) is 3.40. The summed E-state index contributed by atoms with van der Waals surface area (Å²) in [7, 11) is 0. The van der Waals surface area contributed by atoms with Crippen molar-refractivity contribution in [2.75, 3.05) is 0 Å². The number of nitro groups is 1. The number of nitrogens with two attached hydrogens (primary N) is 1. The van der Waals surface area contributed by atoms with Crippen molar-refractivity contribution in [3.8, 4) is 11.3 Å². The number of hydrogen-bond donors (Lipinski definition) is 2. The second-order valence-corrected chi connectivity index (χ2v) is 7.08. The number of nitro benzene ring substituents is 1. The van der Waals surface area contributed by atoms with Gasteiger partial charge in [-0.2, -0.15) is 0 Å². The standard InChI is InChI=1S/C21H15ClN4O5/c1-11-19(20(27)24-23)13-4-2-3-5-16(13)25(11)21(28)18-9-8-17(31-18)14-10-12(26(29)30)6-7-15(14)22/h2-10H,23H2,1H3,(H,24,27). The molecule has 0 aliphatic carbocycles. The van der Waals surface area contributed by atoms with Crippen LogP contribution in [0.25, 0.3) is 22.2 Å². The fourth-order valence-electron chi connectivity index (χ4n) is 3.51. The molecule has 156 valence electrons. The van der Waals surface area contributed by atoms with Gasteiger partial charge in [-0.25, -0.2) is 5.84 Å². The molecule has 31 heavy (non-hydrogen) atoms. The maximum absolute atomic E-state index is 13.3. The number of carbonyl (C=O) groups excluding carboxylic acids is 2. The molecule has 0 bridgehead atoms. The number of benzene rings is 2. The van der Waals surface area contributed by atoms with Crippen LogP contribution in [0.5, 0.6) is 0 Å². The topological polar surface area (TPSA) is 133 Å². The number of carbonyl (C=O) groups is 2. The first-order valence-corrected chi connectivity index (χ1v) is 9.41. The van der Waals surface area contributed by atoms with Gasteiger partial charge in [0.05, 0.1) is 21.0 Å². The number of hydrogen-bond acceptors (Lipinski definition) is 6. The van der Waals surface area contributed by atoms with E-state index >= 15 is 0 Å². The highest BCUT2D eigenvalue weighted by Gasteiger charge is 2.25. The van der Waals surface area contributed by atoms with Gasteiger partial charge in [-0.1, -0.05) is 29.8 Å². The lowest BCUT2D eigenvalue weighted by atomic mass is 10.1. The lowest BCUT2D eigenvalue weighted by Crippen LogP contribution is -2.30. The zero-order chi connectivity index (χ0) is 22.3. The minimum absolute atomic E-state index is 0.0267. The van der Waals surface area contributed by atoms with E-state index in [2.05, 4.69) is 5.43 Å². The van der Waals surface area contributed by atoms with E-state index in [1.165, 1.54) is 34.9 Å². The first kappa shape index (κ1) is 20.3. The molecular formula is C21H15ClN4O5. The summed E-state index contributed by atoms with van der Waals surface area (Å²) in [6.07, 6.45) is 0. The zero-order valence-corrected chi connectivity index (χ0v) is 16.8. The molecular weight excluding hydrogens is 424 g/mol. The fraction of sp³-hybridized carbons (Fsp3) is 0.0476. The summed E-state index contributed by atoms with van der Waals surface area (Å²) in [6.45, 7) is 1.63. The van der Waals surface area contributed by atoms with Crippen molar-refractivity contribution < 1.29 is 18.9 Å². The molecule has 0 aliphatic heterocycles. The van der Waals surface area contributed by atoms with Crippen molar-refractivity contribution in [2.45, 2.75) is 6.92 Å². The summed E-state index contributed by atoms with van der Waals surface area (Å²) in [5, 5.41) is 11.9. The van der Waals surface area contributed by atoms with E-state index in [-0.39, 0.29) is 33.4 Å². The molecule has 4 rings (SSSR count). The van der Waals surface area contributed by atoms with E-state index in [0.717, 1.165) is 0 Å². The van der Waals surface area contributed by atoms with E-state index < -0.39 is 16.7 Å². The van der Waals surface area contributed by atoms with Gasteiger partial charge in [-0.3, -0.25) is 29.7 Å². The van der Waals surface area contributed by atoms with Crippen LogP contribution in [0, 0.1) is 17.0 Å². The van der Waals surface area contributed by atoms with Crippen LogP contribution in [0.4, 0.5) is 5.69 Å². The zero-order valence-electron chi connectivity index (χ0n) is 16.1. The van der Waals surface area contributed by atoms with Crippen LogP contribution >= 0.6 is 11.6 Å². The Morgan fingerprint density at radius 2 is 1.90 bits per heavy atom. The molecule has 0 radical (unpaired) electrons. The first-order chi connectivity index (χ1) is 14.8. The molecule has 0 unspecified atom stereocenters. The molecule has 2 heterocycles. The van der Waals surface area contributed by atoms with Gasteiger partial charge in [0.2, 0.25) is 0 Å². The van der Waals surface area contributed by atoms with Crippen molar-refractivity contribution >= 4 is 40.0 Å². The van der Waals surface area contributed by atoms with Crippen molar-refractivity contribution in [1.29, 1.82) is 0 Å². The maximum atomic E-state index is 13.3. The minimum atomic E-state index is -0.547. The van der Waals surface area contributed by atoms with Crippen LogP contribution in [0.3, 0.4) is 0 Å². The Labute approximate surface area is 180 Å². The lowest BCUT2D eigenvalue weighted by Gasteiger charge is -2.06. The summed E-state index contributed by atoms with van der Waals surface area (Å²) >= 11 is 6.17. The molecule has 10 heteroatoms. The molecule has 0 saturated heterocycles. The van der Waals surface area contributed by atoms with Gasteiger partial charge in [0.25, 0.3) is 17.5 Å². The smallest absolute Gasteiger partial charge is 0.298 e. The number of amides is 1. The van der Waals surface area contributed by atoms with Gasteiger partial charge in [0.15, 0.2) is 5.76 Å². The number of nitrogens with zero attached hydrogens (tertiary/aromatic N) is 2. The quantitative estimate of drug-likeness (QED) is 0.213. The largest absolute Gasteiger partial charge is 0.451 e. The van der Waals surface area contributed by atoms with Crippen LogP contribution < -0.4 is 11.3 Å². The summed E-state index contributed by atoms with van der Waals surface area (Å²) in [4.78, 5) is 36.1. The van der Waals surface area contributed by atoms with Crippen LogP contribution in [-0.2, 0) is 0 Å². The van der Waals surface area contributed by atoms with Crippen molar-refractivity contribution in [1.82, 2.24) is 9.99 Å². The fourth-order valence-corrected chi connectivity index (χ4v) is 3.72. The van der Waals surface area contributed by atoms with Crippen LogP contribution in [0.15, 0.2) is 59.0 Å². The van der Waals surface area contributed by atoms with Crippen molar-refractivity contribution in [3.05, 3.63) is 86.8 Å². The molecule has 1 amide bonds. The van der Waals surface area contributed by atoms with E-state index in [0.29, 0.717) is 16.6 Å². The lowest BCUT2D eigenvalue weighted by molar-refractivity contribution is -0.384. The van der Waals surface area contributed by atoms with Crippen molar-refractivity contribution in [2.24, 2.45) is 5.84 Å². The highest BCUT2D eigenvalue weighted by molar-refractivity contribution is 6.33. The third-order valence-electron chi connectivity index (χ3n) is 4.92. The number of aromatic nitrogens is 1. The Bertz CT molecular complexity index is 1370. The molecule has 4 aromatic rings. The third-order valence-corrected chi connectivity index (χ3v) is 5.25. The molecule has 0 saturated carbocycles. The Morgan fingerprint density at radius 1 is 1.16 bits per heavy atom. The molecule has 9 nitrogen and oxygen atoms in total. The van der Waals surface area contributed by atoms with E-state index in [9.17, 15) is 19.7 Å². The van der Waals surface area contributed by atoms with E-state index in [4.69, 9.17) is 21.9 Å². The molecule has 2 aromatic carbocycles. The minimum Gasteiger partial charge on any atom is -0.451 e. The molecule has 3 N–H and O–H groups in total. The summed E-state index contributed by atoms with van der Waals surface area (Å²) in [5.74, 6) is 4.44. The number of hydrazine groups is 1. The van der Waals surface area contributed by atoms with Crippen LogP contribution in [0.2, 0.25) is 5.02 Å². The molecule has 2 aromatic heterocycles. The number of halogens is 1. The second kappa shape index (κ2) is 7.71. The average Bonchev–Trinajstić information content (AvgIpc) is 3.35. The van der Waals surface area contributed by atoms with Gasteiger partial charge in [-0.05, 0) is 31.2 Å². The summed E-state index contributed by atoms with van der Waals surface area (Å²) in [6, 6.07) is 13.8. The van der Waals surface area contributed by atoms with Gasteiger partial charge < -0.3 is 4.42 Å². The van der Waals surface area contributed by atoms with Crippen LogP contribution in [0.1, 0.15) is 26.6 Å². The number of nitrogen functional groups attached to an aromatic ring is 1. The molecule has 0 aliphatic rings. The SMILES string of the molecule is Cc1c(C(=O)NN)c2ccccc2n1C(=O)c1ccc(-c2cc([N+](=O)[O-])ccc2Cl)o1. The average molecular weight is 439 g/mol. The Hall–Kier alpha value is -3.95. The number of fused-ring (bicyclic) bond motifs is 1. The molecule has 0 fully saturated rings. The Kier molecular flexibility index (Phi) is 5.05. The Balaban J connectivity index is 1.82. The summed E-state index contributed by atoms with van der Waals surface area (Å²) < 4.78 is 7.06. The number of non-ortho nitro benzene ring substituents is 1. The van der Waals surface area contributed by atoms with Gasteiger partial charge >= 0.3 is 0 Å². The number of furan rings is 1. The highest BCUT2D eigenvalue weighted by Crippen LogP contribution is 2.33. The van der Waals surface area contributed by atoms with Crippen molar-refractivity contribution in [3.63, 3.8) is 0 Å². The predicted molar refractivity (Wildman–Crippen MR) is 114 cm³/mol. The monoisotopic (exact) mass is 438 g/mol. The van der Waals surface area contributed by atoms with Gasteiger partial charge in [-0.15, -0.1) is 0 Å². The number of rotatable bonds is 4. The normalized spacial score (nSPS) is 10.9.